The number of nitrogens with one attached hydrogen (secondary N) is 1. The number of aromatic nitrogens is 3. The molecular formula is C24H24ClN5OS. The molecule has 1 amide bonds. The number of carbonyl (C=O) groups excluding carboxylic acids is 1. The quantitative estimate of drug-likeness (QED) is 0.502. The van der Waals surface area contributed by atoms with Crippen LogP contribution >= 0.6 is 23.4 Å². The zero-order valence-electron chi connectivity index (χ0n) is 18.1. The van der Waals surface area contributed by atoms with Gasteiger partial charge < -0.3 is 5.32 Å². The minimum Gasteiger partial charge on any atom is -0.337 e. The van der Waals surface area contributed by atoms with Crippen LogP contribution < -0.4 is 5.32 Å². The Morgan fingerprint density at radius 3 is 2.72 bits per heavy atom. The van der Waals surface area contributed by atoms with Crippen LogP contribution in [0.4, 0.5) is 0 Å². The molecular weight excluding hydrogens is 442 g/mol. The van der Waals surface area contributed by atoms with Gasteiger partial charge >= 0.3 is 0 Å². The average molecular weight is 466 g/mol. The highest BCUT2D eigenvalue weighted by atomic mass is 35.5. The highest BCUT2D eigenvalue weighted by molar-refractivity contribution is 7.99. The van der Waals surface area contributed by atoms with Gasteiger partial charge in [-0.3, -0.25) is 9.36 Å². The lowest BCUT2D eigenvalue weighted by molar-refractivity contribution is -0.119. The largest absolute Gasteiger partial charge is 0.337 e. The number of thioether (sulfide) groups is 1. The summed E-state index contributed by atoms with van der Waals surface area (Å²) in [6, 6.07) is 16.0. The Morgan fingerprint density at radius 1 is 1.22 bits per heavy atom. The van der Waals surface area contributed by atoms with Crippen LogP contribution in [0.3, 0.4) is 0 Å². The van der Waals surface area contributed by atoms with E-state index in [1.807, 2.05) is 42.7 Å². The van der Waals surface area contributed by atoms with Crippen molar-refractivity contribution < 1.29 is 4.79 Å². The number of rotatable bonds is 6. The van der Waals surface area contributed by atoms with Gasteiger partial charge in [-0.05, 0) is 68.9 Å². The van der Waals surface area contributed by atoms with E-state index in [4.69, 9.17) is 11.6 Å². The highest BCUT2D eigenvalue weighted by Crippen LogP contribution is 2.32. The monoisotopic (exact) mass is 465 g/mol. The second-order valence-electron chi connectivity index (χ2n) is 8.18. The number of hydrogen-bond donors (Lipinski definition) is 1. The molecule has 4 rings (SSSR count). The van der Waals surface area contributed by atoms with Gasteiger partial charge in [0.2, 0.25) is 5.91 Å². The van der Waals surface area contributed by atoms with Crippen LogP contribution in [0.1, 0.15) is 36.8 Å². The summed E-state index contributed by atoms with van der Waals surface area (Å²) in [5, 5.41) is 22.5. The summed E-state index contributed by atoms with van der Waals surface area (Å²) in [6.07, 6.45) is 3.34. The summed E-state index contributed by atoms with van der Waals surface area (Å²) in [6.45, 7) is 4.07. The zero-order valence-corrected chi connectivity index (χ0v) is 19.6. The van der Waals surface area contributed by atoms with Crippen molar-refractivity contribution in [1.29, 1.82) is 5.26 Å². The summed E-state index contributed by atoms with van der Waals surface area (Å²) in [5.74, 6) is 0.647. The Morgan fingerprint density at radius 2 is 2.00 bits per heavy atom. The summed E-state index contributed by atoms with van der Waals surface area (Å²) in [4.78, 5) is 12.7. The molecule has 0 spiro atoms. The van der Waals surface area contributed by atoms with Crippen LogP contribution in [-0.2, 0) is 4.79 Å². The Bertz CT molecular complexity index is 1190. The fourth-order valence-corrected chi connectivity index (χ4v) is 4.97. The number of aryl methyl sites for hydroxylation is 2. The van der Waals surface area contributed by atoms with E-state index in [9.17, 15) is 10.1 Å². The van der Waals surface area contributed by atoms with Crippen molar-refractivity contribution in [3.05, 3.63) is 58.6 Å². The molecule has 32 heavy (non-hydrogen) atoms. The van der Waals surface area contributed by atoms with Crippen molar-refractivity contribution in [2.75, 3.05) is 5.75 Å². The minimum absolute atomic E-state index is 0.155. The van der Waals surface area contributed by atoms with Gasteiger partial charge in [0.15, 0.2) is 11.0 Å². The van der Waals surface area contributed by atoms with Crippen LogP contribution in [0.15, 0.2) is 47.6 Å². The smallest absolute Gasteiger partial charge is 0.231 e. The second-order valence-corrected chi connectivity index (χ2v) is 9.56. The summed E-state index contributed by atoms with van der Waals surface area (Å²) >= 11 is 7.54. The number of nitrogens with zero attached hydrogens (tertiary/aromatic N) is 4. The van der Waals surface area contributed by atoms with Crippen LogP contribution in [0.25, 0.3) is 17.1 Å². The van der Waals surface area contributed by atoms with Gasteiger partial charge in [-0.25, -0.2) is 0 Å². The van der Waals surface area contributed by atoms with E-state index in [1.54, 1.807) is 0 Å². The molecule has 0 atom stereocenters. The molecule has 1 aromatic heterocycles. The Kier molecular flexibility index (Phi) is 6.54. The standard InChI is InChI=1S/C24H24ClN5OS/c1-16-8-9-17(2)20(12-16)30-22(18-6-5-7-19(25)13-18)28-29-23(30)32-14-21(31)27-24(15-26)10-3-4-11-24/h5-9,12-13H,3-4,10-11,14H2,1-2H3,(H,27,31). The van der Waals surface area contributed by atoms with Crippen LogP contribution in [0.2, 0.25) is 5.02 Å². The number of nitriles is 1. The van der Waals surface area contributed by atoms with E-state index in [0.29, 0.717) is 28.8 Å². The average Bonchev–Trinajstić information content (AvgIpc) is 3.41. The van der Waals surface area contributed by atoms with E-state index in [-0.39, 0.29) is 11.7 Å². The molecule has 1 aliphatic carbocycles. The highest BCUT2D eigenvalue weighted by Gasteiger charge is 2.35. The molecule has 0 unspecified atom stereocenters. The second kappa shape index (κ2) is 9.35. The third kappa shape index (κ3) is 4.67. The fourth-order valence-electron chi connectivity index (χ4n) is 4.03. The molecule has 6 nitrogen and oxygen atoms in total. The minimum atomic E-state index is -0.732. The molecule has 8 heteroatoms. The zero-order chi connectivity index (χ0) is 22.7. The van der Waals surface area contributed by atoms with Crippen molar-refractivity contribution >= 4 is 29.3 Å². The number of amides is 1. The van der Waals surface area contributed by atoms with Gasteiger partial charge in [-0.15, -0.1) is 10.2 Å². The lowest BCUT2D eigenvalue weighted by Crippen LogP contribution is -2.45. The summed E-state index contributed by atoms with van der Waals surface area (Å²) in [7, 11) is 0. The predicted octanol–water partition coefficient (Wildman–Crippen LogP) is 5.25. The van der Waals surface area contributed by atoms with Gasteiger partial charge in [0.1, 0.15) is 5.54 Å². The molecule has 2 aromatic carbocycles. The van der Waals surface area contributed by atoms with E-state index < -0.39 is 5.54 Å². The molecule has 1 heterocycles. The van der Waals surface area contributed by atoms with Gasteiger partial charge in [0.05, 0.1) is 17.5 Å². The maximum Gasteiger partial charge on any atom is 0.231 e. The molecule has 1 aliphatic rings. The third-order valence-corrected chi connectivity index (χ3v) is 6.87. The van der Waals surface area contributed by atoms with Gasteiger partial charge in [0.25, 0.3) is 0 Å². The maximum absolute atomic E-state index is 12.7. The van der Waals surface area contributed by atoms with Crippen molar-refractivity contribution in [2.24, 2.45) is 0 Å². The van der Waals surface area contributed by atoms with E-state index in [1.165, 1.54) is 11.8 Å². The molecule has 0 bridgehead atoms. The molecule has 0 saturated heterocycles. The van der Waals surface area contributed by atoms with E-state index in [2.05, 4.69) is 39.8 Å². The number of carbonyl (C=O) groups is 1. The SMILES string of the molecule is Cc1ccc(C)c(-n2c(SCC(=O)NC3(C#N)CCCC3)nnc2-c2cccc(Cl)c2)c1. The van der Waals surface area contributed by atoms with Crippen LogP contribution in [0.5, 0.6) is 0 Å². The summed E-state index contributed by atoms with van der Waals surface area (Å²) < 4.78 is 1.97. The first-order chi connectivity index (χ1) is 15.4. The molecule has 3 aromatic rings. The molecule has 1 N–H and O–H groups in total. The van der Waals surface area contributed by atoms with Gasteiger partial charge in [-0.2, -0.15) is 5.26 Å². The van der Waals surface area contributed by atoms with Crippen molar-refractivity contribution in [3.8, 4) is 23.1 Å². The normalized spacial score (nSPS) is 14.8. The molecule has 1 saturated carbocycles. The molecule has 1 fully saturated rings. The van der Waals surface area contributed by atoms with Crippen molar-refractivity contribution in [3.63, 3.8) is 0 Å². The molecule has 164 valence electrons. The summed E-state index contributed by atoms with van der Waals surface area (Å²) in [5.41, 5.74) is 3.25. The van der Waals surface area contributed by atoms with Crippen molar-refractivity contribution in [2.45, 2.75) is 50.2 Å². The number of halogens is 1. The van der Waals surface area contributed by atoms with E-state index in [0.717, 1.165) is 35.2 Å². The van der Waals surface area contributed by atoms with Gasteiger partial charge in [0, 0.05) is 10.6 Å². The van der Waals surface area contributed by atoms with Crippen LogP contribution in [0, 0.1) is 25.2 Å². The Hall–Kier alpha value is -2.82. The first kappa shape index (κ1) is 22.4. The maximum atomic E-state index is 12.7. The number of benzene rings is 2. The van der Waals surface area contributed by atoms with Crippen LogP contribution in [-0.4, -0.2) is 32.0 Å². The van der Waals surface area contributed by atoms with E-state index >= 15 is 0 Å². The molecule has 0 aliphatic heterocycles. The lowest BCUT2D eigenvalue weighted by atomic mass is 10.0. The van der Waals surface area contributed by atoms with Gasteiger partial charge in [-0.1, -0.05) is 47.6 Å². The van der Waals surface area contributed by atoms with Crippen molar-refractivity contribution in [1.82, 2.24) is 20.1 Å². The lowest BCUT2D eigenvalue weighted by Gasteiger charge is -2.21. The fraction of sp³-hybridized carbons (Fsp3) is 0.333. The molecule has 0 radical (unpaired) electrons. The third-order valence-electron chi connectivity index (χ3n) is 5.70. The topological polar surface area (TPSA) is 83.6 Å². The Labute approximate surface area is 197 Å². The predicted molar refractivity (Wildman–Crippen MR) is 127 cm³/mol. The first-order valence-corrected chi connectivity index (χ1v) is 11.9. The Balaban J connectivity index is 1.66. The number of hydrogen-bond acceptors (Lipinski definition) is 5. The first-order valence-electron chi connectivity index (χ1n) is 10.5.